The van der Waals surface area contributed by atoms with Crippen molar-refractivity contribution in [2.45, 2.75) is 0 Å². The Hall–Kier alpha value is -3.01. The molecule has 13 heteroatoms. The molecule has 36 heavy (non-hydrogen) atoms. The van der Waals surface area contributed by atoms with Crippen molar-refractivity contribution in [1.29, 1.82) is 0 Å². The molecule has 1 amide bonds. The van der Waals surface area contributed by atoms with Crippen LogP contribution < -0.4 is 20.1 Å². The molecule has 3 rings (SSSR count). The number of nitrogens with zero attached hydrogens (tertiary/aromatic N) is 1. The third-order valence-corrected chi connectivity index (χ3v) is 6.81. The molecule has 3 aromatic rings. The van der Waals surface area contributed by atoms with Crippen LogP contribution in [0.4, 0.5) is 25.8 Å². The molecule has 9 nitrogen and oxygen atoms in total. The minimum Gasteiger partial charge on any atom is -0.456 e. The average Bonchev–Trinajstić information content (AvgIpc) is 2.79. The number of anilines is 3. The van der Waals surface area contributed by atoms with Gasteiger partial charge < -0.3 is 20.5 Å². The zero-order chi connectivity index (χ0) is 26.5. The second kappa shape index (κ2) is 11.8. The van der Waals surface area contributed by atoms with E-state index in [9.17, 15) is 22.0 Å². The summed E-state index contributed by atoms with van der Waals surface area (Å²) in [7, 11) is -1.08. The van der Waals surface area contributed by atoms with Gasteiger partial charge >= 0.3 is 10.2 Å². The molecule has 0 spiro atoms. The normalized spacial score (nSPS) is 11.3. The van der Waals surface area contributed by atoms with Gasteiger partial charge in [0.1, 0.15) is 28.7 Å². The summed E-state index contributed by atoms with van der Waals surface area (Å²) in [6.07, 6.45) is 0. The summed E-state index contributed by atoms with van der Waals surface area (Å²) in [6, 6.07) is 12.2. The van der Waals surface area contributed by atoms with Crippen molar-refractivity contribution in [3.8, 4) is 11.5 Å². The largest absolute Gasteiger partial charge is 0.456 e. The number of hydrogen-bond donors (Lipinski definition) is 4. The van der Waals surface area contributed by atoms with Gasteiger partial charge in [0.15, 0.2) is 0 Å². The van der Waals surface area contributed by atoms with Crippen LogP contribution in [0.15, 0.2) is 54.6 Å². The molecule has 4 N–H and O–H groups in total. The molecule has 0 unspecified atom stereocenters. The van der Waals surface area contributed by atoms with Gasteiger partial charge in [0.2, 0.25) is 0 Å². The predicted molar refractivity (Wildman–Crippen MR) is 141 cm³/mol. The lowest BCUT2D eigenvalue weighted by atomic mass is 10.1. The van der Waals surface area contributed by atoms with Crippen LogP contribution in [0, 0.1) is 15.2 Å². The molecular formula is C23H23F2IN4O5S. The van der Waals surface area contributed by atoms with E-state index in [1.807, 2.05) is 22.6 Å². The van der Waals surface area contributed by atoms with Gasteiger partial charge in [0, 0.05) is 36.3 Å². The maximum atomic E-state index is 14.6. The molecule has 0 bridgehead atoms. The van der Waals surface area contributed by atoms with Crippen LogP contribution in [0.25, 0.3) is 0 Å². The van der Waals surface area contributed by atoms with Crippen molar-refractivity contribution in [3.05, 3.63) is 75.4 Å². The molecule has 192 valence electrons. The fourth-order valence-electron chi connectivity index (χ4n) is 2.98. The summed E-state index contributed by atoms with van der Waals surface area (Å²) in [4.78, 5) is 12.9. The van der Waals surface area contributed by atoms with Gasteiger partial charge in [-0.1, -0.05) is 6.07 Å². The van der Waals surface area contributed by atoms with Gasteiger partial charge in [0.25, 0.3) is 5.91 Å². The second-order valence-electron chi connectivity index (χ2n) is 7.57. The quantitative estimate of drug-likeness (QED) is 0.251. The number of ether oxygens (including phenoxy) is 1. The van der Waals surface area contributed by atoms with Crippen molar-refractivity contribution in [1.82, 2.24) is 9.62 Å². The molecule has 0 aliphatic rings. The van der Waals surface area contributed by atoms with E-state index in [2.05, 4.69) is 15.4 Å². The summed E-state index contributed by atoms with van der Waals surface area (Å²) < 4.78 is 63.1. The van der Waals surface area contributed by atoms with Crippen molar-refractivity contribution < 1.29 is 31.8 Å². The smallest absolute Gasteiger partial charge is 0.301 e. The summed E-state index contributed by atoms with van der Waals surface area (Å²) in [6.45, 7) is -0.430. The Bertz CT molecular complexity index is 1370. The monoisotopic (exact) mass is 632 g/mol. The van der Waals surface area contributed by atoms with Crippen LogP contribution in [-0.4, -0.2) is 51.0 Å². The molecule has 0 atom stereocenters. The van der Waals surface area contributed by atoms with Gasteiger partial charge in [-0.15, -0.1) is 0 Å². The van der Waals surface area contributed by atoms with E-state index >= 15 is 0 Å². The van der Waals surface area contributed by atoms with Crippen LogP contribution in [0.1, 0.15) is 10.4 Å². The average molecular weight is 632 g/mol. The molecule has 0 aliphatic heterocycles. The number of nitrogens with one attached hydrogen (secondary N) is 3. The Kier molecular flexibility index (Phi) is 9.05. The number of rotatable bonds is 10. The number of halogens is 3. The maximum Gasteiger partial charge on any atom is 0.301 e. The third-order valence-electron chi connectivity index (χ3n) is 4.68. The Morgan fingerprint density at radius 1 is 1.08 bits per heavy atom. The number of hydrogen-bond acceptors (Lipinski definition) is 6. The second-order valence-corrected chi connectivity index (χ2v) is 10.7. The minimum atomic E-state index is -3.79. The number of aliphatic hydroxyl groups excluding tert-OH is 1. The van der Waals surface area contributed by atoms with E-state index in [0.29, 0.717) is 3.57 Å². The predicted octanol–water partition coefficient (Wildman–Crippen LogP) is 4.05. The zero-order valence-corrected chi connectivity index (χ0v) is 22.2. The van der Waals surface area contributed by atoms with E-state index in [1.54, 1.807) is 6.07 Å². The molecule has 0 aliphatic carbocycles. The molecule has 0 fully saturated rings. The highest BCUT2D eigenvalue weighted by Crippen LogP contribution is 2.35. The Morgan fingerprint density at radius 2 is 1.83 bits per heavy atom. The summed E-state index contributed by atoms with van der Waals surface area (Å²) in [5, 5.41) is 14.3. The molecule has 0 saturated heterocycles. The first-order valence-electron chi connectivity index (χ1n) is 10.4. The molecule has 0 radical (unpaired) electrons. The standard InChI is InChI=1S/C23H23F2IN4O5S/c1-30(2)36(33,34)29-16-4-3-5-17(13-16)35-21-11-14(24)10-20(22(21)23(32)27-8-9-31)28-19-7-6-15(26)12-18(19)25/h3-7,10-13,28-29,31H,8-9H2,1-2H3,(H,27,32). The lowest BCUT2D eigenvalue weighted by Gasteiger charge is -2.18. The van der Waals surface area contributed by atoms with Gasteiger partial charge in [-0.25, -0.2) is 8.78 Å². The number of carbonyl (C=O) groups is 1. The van der Waals surface area contributed by atoms with E-state index in [-0.39, 0.29) is 47.3 Å². The van der Waals surface area contributed by atoms with Crippen molar-refractivity contribution in [3.63, 3.8) is 0 Å². The van der Waals surface area contributed by atoms with Crippen LogP contribution in [0.5, 0.6) is 11.5 Å². The summed E-state index contributed by atoms with van der Waals surface area (Å²) in [5.74, 6) is -2.22. The lowest BCUT2D eigenvalue weighted by molar-refractivity contribution is 0.0943. The van der Waals surface area contributed by atoms with Crippen molar-refractivity contribution in [2.75, 3.05) is 37.3 Å². The fourth-order valence-corrected chi connectivity index (χ4v) is 4.04. The van der Waals surface area contributed by atoms with Crippen molar-refractivity contribution >= 4 is 55.8 Å². The zero-order valence-electron chi connectivity index (χ0n) is 19.2. The van der Waals surface area contributed by atoms with Crippen LogP contribution >= 0.6 is 22.6 Å². The summed E-state index contributed by atoms with van der Waals surface area (Å²) >= 11 is 1.94. The topological polar surface area (TPSA) is 120 Å². The van der Waals surface area contributed by atoms with Gasteiger partial charge in [-0.3, -0.25) is 9.52 Å². The van der Waals surface area contributed by atoms with Crippen LogP contribution in [0.3, 0.4) is 0 Å². The highest BCUT2D eigenvalue weighted by molar-refractivity contribution is 14.1. The molecule has 0 saturated carbocycles. The van der Waals surface area contributed by atoms with E-state index in [4.69, 9.17) is 9.84 Å². The van der Waals surface area contributed by atoms with Gasteiger partial charge in [-0.2, -0.15) is 12.7 Å². The number of carbonyl (C=O) groups excluding carboxylic acids is 1. The molecule has 3 aromatic carbocycles. The van der Waals surface area contributed by atoms with Crippen LogP contribution in [-0.2, 0) is 10.2 Å². The van der Waals surface area contributed by atoms with E-state index in [0.717, 1.165) is 16.4 Å². The lowest BCUT2D eigenvalue weighted by Crippen LogP contribution is -2.28. The first-order valence-corrected chi connectivity index (χ1v) is 12.9. The summed E-state index contributed by atoms with van der Waals surface area (Å²) in [5.41, 5.74) is -0.0569. The Morgan fingerprint density at radius 3 is 2.50 bits per heavy atom. The molecule has 0 heterocycles. The van der Waals surface area contributed by atoms with E-state index < -0.39 is 27.8 Å². The van der Waals surface area contributed by atoms with Crippen LogP contribution in [0.2, 0.25) is 0 Å². The first-order chi connectivity index (χ1) is 17.0. The highest BCUT2D eigenvalue weighted by atomic mass is 127. The molecular weight excluding hydrogens is 609 g/mol. The SMILES string of the molecule is CN(C)S(=O)(=O)Nc1cccc(Oc2cc(F)cc(Nc3ccc(I)cc3F)c2C(=O)NCCO)c1. The maximum absolute atomic E-state index is 14.6. The van der Waals surface area contributed by atoms with Gasteiger partial charge in [0.05, 0.1) is 23.7 Å². The first kappa shape index (κ1) is 27.6. The van der Waals surface area contributed by atoms with E-state index in [1.165, 1.54) is 50.5 Å². The number of aliphatic hydroxyl groups is 1. The Balaban J connectivity index is 2.04. The number of amides is 1. The van der Waals surface area contributed by atoms with Crippen molar-refractivity contribution in [2.24, 2.45) is 0 Å². The minimum absolute atomic E-state index is 0.00302. The van der Waals surface area contributed by atoms with Gasteiger partial charge in [-0.05, 0) is 59.0 Å². The number of benzene rings is 3. The molecule has 0 aromatic heterocycles. The third kappa shape index (κ3) is 7.02. The Labute approximate surface area is 220 Å². The highest BCUT2D eigenvalue weighted by Gasteiger charge is 2.22. The fraction of sp³-hybridized carbons (Fsp3) is 0.174.